The normalized spacial score (nSPS) is 12.3. The summed E-state index contributed by atoms with van der Waals surface area (Å²) in [6.45, 7) is 4.48. The van der Waals surface area contributed by atoms with Crippen LogP contribution in [0.1, 0.15) is 13.8 Å². The van der Waals surface area contributed by atoms with Gasteiger partial charge in [-0.2, -0.15) is 0 Å². The Hall–Kier alpha value is -0.690. The lowest BCUT2D eigenvalue weighted by Crippen LogP contribution is -2.39. The van der Waals surface area contributed by atoms with E-state index in [2.05, 4.69) is 0 Å². The molecule has 1 rings (SSSR count). The summed E-state index contributed by atoms with van der Waals surface area (Å²) in [6.07, 6.45) is 0. The first kappa shape index (κ1) is 18.3. The third-order valence-electron chi connectivity index (χ3n) is 2.73. The third kappa shape index (κ3) is 4.72. The lowest BCUT2D eigenvalue weighted by atomic mass is 9.94. The Labute approximate surface area is 120 Å². The summed E-state index contributed by atoms with van der Waals surface area (Å²) in [5, 5.41) is 0. The summed E-state index contributed by atoms with van der Waals surface area (Å²) in [7, 11) is -2.09. The van der Waals surface area contributed by atoms with Gasteiger partial charge in [-0.25, -0.2) is 17.1 Å². The molecule has 2 N–H and O–H groups in total. The Morgan fingerprint density at radius 1 is 1.26 bits per heavy atom. The topological polar surface area (TPSA) is 63.4 Å². The van der Waals surface area contributed by atoms with Gasteiger partial charge < -0.3 is 5.73 Å². The van der Waals surface area contributed by atoms with Gasteiger partial charge in [0.05, 0.1) is 4.90 Å². The molecule has 0 spiro atoms. The minimum absolute atomic E-state index is 0. The van der Waals surface area contributed by atoms with Crippen molar-refractivity contribution in [2.45, 2.75) is 18.7 Å². The second-order valence-electron chi connectivity index (χ2n) is 5.08. The van der Waals surface area contributed by atoms with Crippen molar-refractivity contribution < 1.29 is 12.8 Å². The average molecular weight is 311 g/mol. The van der Waals surface area contributed by atoms with Crippen LogP contribution in [-0.4, -0.2) is 32.9 Å². The molecule has 0 amide bonds. The number of hydrogen-bond donors (Lipinski definition) is 1. The van der Waals surface area contributed by atoms with Crippen LogP contribution in [0.25, 0.3) is 0 Å². The van der Waals surface area contributed by atoms with Gasteiger partial charge in [-0.05, 0) is 36.2 Å². The van der Waals surface area contributed by atoms with Crippen LogP contribution in [0.15, 0.2) is 29.2 Å². The molecule has 110 valence electrons. The van der Waals surface area contributed by atoms with E-state index < -0.39 is 15.8 Å². The first-order chi connectivity index (χ1) is 8.19. The Morgan fingerprint density at radius 2 is 1.74 bits per heavy atom. The SMILES string of the molecule is CN(CC(C)(C)CN)S(=O)(=O)c1ccc(F)cc1.Cl. The number of hydrogen-bond acceptors (Lipinski definition) is 3. The Morgan fingerprint density at radius 3 is 2.16 bits per heavy atom. The smallest absolute Gasteiger partial charge is 0.242 e. The molecule has 0 aliphatic rings. The van der Waals surface area contributed by atoms with Gasteiger partial charge in [0.15, 0.2) is 0 Å². The van der Waals surface area contributed by atoms with E-state index in [4.69, 9.17) is 5.73 Å². The van der Waals surface area contributed by atoms with Crippen LogP contribution in [0.2, 0.25) is 0 Å². The molecule has 0 unspecified atom stereocenters. The Balaban J connectivity index is 0.00000324. The van der Waals surface area contributed by atoms with Gasteiger partial charge in [0.1, 0.15) is 5.82 Å². The quantitative estimate of drug-likeness (QED) is 0.903. The van der Waals surface area contributed by atoms with Crippen LogP contribution in [-0.2, 0) is 10.0 Å². The molecule has 0 bridgehead atoms. The van der Waals surface area contributed by atoms with Crippen molar-refractivity contribution in [2.24, 2.45) is 11.1 Å². The van der Waals surface area contributed by atoms with Crippen molar-refractivity contribution in [2.75, 3.05) is 20.1 Å². The summed E-state index contributed by atoms with van der Waals surface area (Å²) in [4.78, 5) is 0.0826. The van der Waals surface area contributed by atoms with Crippen LogP contribution >= 0.6 is 12.4 Å². The lowest BCUT2D eigenvalue weighted by molar-refractivity contribution is 0.292. The monoisotopic (exact) mass is 310 g/mol. The van der Waals surface area contributed by atoms with Gasteiger partial charge in [-0.3, -0.25) is 0 Å². The molecule has 0 atom stereocenters. The van der Waals surface area contributed by atoms with E-state index >= 15 is 0 Å². The molecule has 0 saturated carbocycles. The molecule has 7 heteroatoms. The van der Waals surface area contributed by atoms with Crippen molar-refractivity contribution in [1.82, 2.24) is 4.31 Å². The van der Waals surface area contributed by atoms with Crippen molar-refractivity contribution in [3.05, 3.63) is 30.1 Å². The molecule has 0 aromatic heterocycles. The molecule has 19 heavy (non-hydrogen) atoms. The molecule has 4 nitrogen and oxygen atoms in total. The van der Waals surface area contributed by atoms with E-state index in [-0.39, 0.29) is 22.7 Å². The summed E-state index contributed by atoms with van der Waals surface area (Å²) in [6, 6.07) is 4.79. The highest BCUT2D eigenvalue weighted by molar-refractivity contribution is 7.89. The molecule has 0 aliphatic heterocycles. The zero-order valence-electron chi connectivity index (χ0n) is 11.3. The summed E-state index contributed by atoms with van der Waals surface area (Å²) in [5.41, 5.74) is 5.28. The van der Waals surface area contributed by atoms with Gasteiger partial charge in [-0.1, -0.05) is 13.8 Å². The van der Waals surface area contributed by atoms with E-state index in [0.29, 0.717) is 13.1 Å². The van der Waals surface area contributed by atoms with Gasteiger partial charge >= 0.3 is 0 Å². The van der Waals surface area contributed by atoms with Crippen molar-refractivity contribution >= 4 is 22.4 Å². The summed E-state index contributed by atoms with van der Waals surface area (Å²) in [5.74, 6) is -0.459. The number of halogens is 2. The zero-order valence-corrected chi connectivity index (χ0v) is 12.9. The molecule has 0 aliphatic carbocycles. The highest BCUT2D eigenvalue weighted by Gasteiger charge is 2.27. The maximum atomic E-state index is 12.8. The summed E-state index contributed by atoms with van der Waals surface area (Å²) < 4.78 is 38.4. The van der Waals surface area contributed by atoms with Crippen LogP contribution in [0.4, 0.5) is 4.39 Å². The average Bonchev–Trinajstić information content (AvgIpc) is 2.29. The molecule has 0 fully saturated rings. The van der Waals surface area contributed by atoms with Gasteiger partial charge in [-0.15, -0.1) is 12.4 Å². The maximum absolute atomic E-state index is 12.8. The van der Waals surface area contributed by atoms with Crippen LogP contribution < -0.4 is 5.73 Å². The fraction of sp³-hybridized carbons (Fsp3) is 0.500. The van der Waals surface area contributed by atoms with Crippen LogP contribution in [0, 0.1) is 11.2 Å². The van der Waals surface area contributed by atoms with Gasteiger partial charge in [0.2, 0.25) is 10.0 Å². The van der Waals surface area contributed by atoms with Crippen LogP contribution in [0.5, 0.6) is 0 Å². The fourth-order valence-corrected chi connectivity index (χ4v) is 2.90. The standard InChI is InChI=1S/C12H19FN2O2S.ClH/c1-12(2,8-14)9-15(3)18(16,17)11-6-4-10(13)5-7-11;/h4-7H,8-9,14H2,1-3H3;1H. The van der Waals surface area contributed by atoms with Crippen molar-refractivity contribution in [3.63, 3.8) is 0 Å². The minimum Gasteiger partial charge on any atom is -0.330 e. The molecule has 0 radical (unpaired) electrons. The first-order valence-corrected chi connectivity index (χ1v) is 7.05. The molecule has 1 aromatic rings. The summed E-state index contributed by atoms with van der Waals surface area (Å²) >= 11 is 0. The van der Waals surface area contributed by atoms with E-state index in [1.807, 2.05) is 13.8 Å². The Kier molecular flexibility index (Phi) is 6.41. The predicted molar refractivity (Wildman–Crippen MR) is 76.3 cm³/mol. The molecule has 1 aromatic carbocycles. The van der Waals surface area contributed by atoms with Crippen molar-refractivity contribution in [1.29, 1.82) is 0 Å². The molecular formula is C12H20ClFN2O2S. The predicted octanol–water partition coefficient (Wildman–Crippen LogP) is 1.85. The first-order valence-electron chi connectivity index (χ1n) is 5.61. The minimum atomic E-state index is -3.59. The molecule has 0 heterocycles. The number of nitrogens with zero attached hydrogens (tertiary/aromatic N) is 1. The van der Waals surface area contributed by atoms with Gasteiger partial charge in [0.25, 0.3) is 0 Å². The second kappa shape index (κ2) is 6.65. The van der Waals surface area contributed by atoms with Crippen molar-refractivity contribution in [3.8, 4) is 0 Å². The fourth-order valence-electron chi connectivity index (χ4n) is 1.54. The van der Waals surface area contributed by atoms with E-state index in [9.17, 15) is 12.8 Å². The van der Waals surface area contributed by atoms with E-state index in [1.165, 1.54) is 23.5 Å². The highest BCUT2D eigenvalue weighted by Crippen LogP contribution is 2.20. The maximum Gasteiger partial charge on any atom is 0.242 e. The molecule has 0 saturated heterocycles. The highest BCUT2D eigenvalue weighted by atomic mass is 35.5. The number of sulfonamides is 1. The third-order valence-corrected chi connectivity index (χ3v) is 4.54. The van der Waals surface area contributed by atoms with E-state index in [1.54, 1.807) is 0 Å². The number of benzene rings is 1. The largest absolute Gasteiger partial charge is 0.330 e. The number of nitrogens with two attached hydrogens (primary N) is 1. The Bertz CT molecular complexity index is 503. The lowest BCUT2D eigenvalue weighted by Gasteiger charge is -2.28. The molecular weight excluding hydrogens is 291 g/mol. The number of rotatable bonds is 5. The second-order valence-corrected chi connectivity index (χ2v) is 7.13. The van der Waals surface area contributed by atoms with Gasteiger partial charge in [0, 0.05) is 13.6 Å². The van der Waals surface area contributed by atoms with E-state index in [0.717, 1.165) is 12.1 Å². The zero-order chi connectivity index (χ0) is 14.0. The van der Waals surface area contributed by atoms with Crippen LogP contribution in [0.3, 0.4) is 0 Å².